The van der Waals surface area contributed by atoms with Crippen LogP contribution in [-0.2, 0) is 0 Å². The SMILES string of the molecule is Cc1noc2nc(-c3ccc(F)cc3)cc(C(=O)NC3CCNC3)c12. The first-order valence-electron chi connectivity index (χ1n) is 8.16. The van der Waals surface area contributed by atoms with E-state index in [0.717, 1.165) is 19.5 Å². The number of rotatable bonds is 3. The van der Waals surface area contributed by atoms with Gasteiger partial charge in [-0.15, -0.1) is 0 Å². The van der Waals surface area contributed by atoms with Gasteiger partial charge < -0.3 is 15.2 Å². The summed E-state index contributed by atoms with van der Waals surface area (Å²) in [6, 6.07) is 7.76. The largest absolute Gasteiger partial charge is 0.348 e. The molecule has 0 bridgehead atoms. The average Bonchev–Trinajstić information content (AvgIpc) is 3.25. The van der Waals surface area contributed by atoms with Crippen LogP contribution in [0.25, 0.3) is 22.4 Å². The van der Waals surface area contributed by atoms with Crippen LogP contribution in [0.1, 0.15) is 22.5 Å². The quantitative estimate of drug-likeness (QED) is 0.765. The summed E-state index contributed by atoms with van der Waals surface area (Å²) >= 11 is 0. The van der Waals surface area contributed by atoms with Gasteiger partial charge in [-0.05, 0) is 50.2 Å². The molecule has 0 radical (unpaired) electrons. The number of carbonyl (C=O) groups excluding carboxylic acids is 1. The molecule has 7 heteroatoms. The number of carbonyl (C=O) groups is 1. The van der Waals surface area contributed by atoms with Crippen molar-refractivity contribution >= 4 is 17.0 Å². The molecule has 3 aromatic rings. The second-order valence-corrected chi connectivity index (χ2v) is 6.17. The van der Waals surface area contributed by atoms with Crippen LogP contribution in [0.4, 0.5) is 4.39 Å². The molecule has 1 aromatic carbocycles. The van der Waals surface area contributed by atoms with E-state index < -0.39 is 0 Å². The Hall–Kier alpha value is -2.80. The minimum atomic E-state index is -0.327. The summed E-state index contributed by atoms with van der Waals surface area (Å²) < 4.78 is 18.4. The van der Waals surface area contributed by atoms with E-state index in [9.17, 15) is 9.18 Å². The number of nitrogens with zero attached hydrogens (tertiary/aromatic N) is 2. The number of benzene rings is 1. The van der Waals surface area contributed by atoms with Crippen molar-refractivity contribution in [2.24, 2.45) is 0 Å². The van der Waals surface area contributed by atoms with E-state index in [1.54, 1.807) is 25.1 Å². The first-order valence-corrected chi connectivity index (χ1v) is 8.16. The van der Waals surface area contributed by atoms with E-state index in [2.05, 4.69) is 20.8 Å². The van der Waals surface area contributed by atoms with Gasteiger partial charge >= 0.3 is 0 Å². The van der Waals surface area contributed by atoms with Gasteiger partial charge in [-0.3, -0.25) is 4.79 Å². The topological polar surface area (TPSA) is 80.0 Å². The highest BCUT2D eigenvalue weighted by Crippen LogP contribution is 2.27. The third kappa shape index (κ3) is 2.98. The molecule has 0 saturated carbocycles. The Labute approximate surface area is 143 Å². The fraction of sp³-hybridized carbons (Fsp3) is 0.278. The first-order chi connectivity index (χ1) is 12.1. The van der Waals surface area contributed by atoms with Gasteiger partial charge in [0.1, 0.15) is 5.82 Å². The van der Waals surface area contributed by atoms with Crippen LogP contribution < -0.4 is 10.6 Å². The minimum absolute atomic E-state index is 0.102. The van der Waals surface area contributed by atoms with E-state index in [1.807, 2.05) is 0 Å². The van der Waals surface area contributed by atoms with Gasteiger partial charge in [0.2, 0.25) is 0 Å². The zero-order chi connectivity index (χ0) is 17.4. The summed E-state index contributed by atoms with van der Waals surface area (Å²) in [6.45, 7) is 3.43. The van der Waals surface area contributed by atoms with E-state index in [0.29, 0.717) is 33.6 Å². The van der Waals surface area contributed by atoms with E-state index in [-0.39, 0.29) is 17.8 Å². The fourth-order valence-electron chi connectivity index (χ4n) is 3.08. The molecule has 0 aliphatic carbocycles. The Kier molecular flexibility index (Phi) is 3.93. The summed E-state index contributed by atoms with van der Waals surface area (Å²) in [6.07, 6.45) is 0.896. The molecule has 2 N–H and O–H groups in total. The number of nitrogens with one attached hydrogen (secondary N) is 2. The van der Waals surface area contributed by atoms with Crippen molar-refractivity contribution in [3.05, 3.63) is 47.4 Å². The summed E-state index contributed by atoms with van der Waals surface area (Å²) in [7, 11) is 0. The van der Waals surface area contributed by atoms with Gasteiger partial charge in [-0.25, -0.2) is 9.37 Å². The third-order valence-electron chi connectivity index (χ3n) is 4.40. The highest BCUT2D eigenvalue weighted by atomic mass is 19.1. The summed E-state index contributed by atoms with van der Waals surface area (Å²) in [4.78, 5) is 17.2. The van der Waals surface area contributed by atoms with Crippen LogP contribution in [0.5, 0.6) is 0 Å². The minimum Gasteiger partial charge on any atom is -0.348 e. The summed E-state index contributed by atoms with van der Waals surface area (Å²) in [5, 5.41) is 10.8. The van der Waals surface area contributed by atoms with Gasteiger partial charge in [0, 0.05) is 18.2 Å². The standard InChI is InChI=1S/C18H17FN4O2/c1-10-16-14(17(24)21-13-6-7-20-9-13)8-15(22-18(16)25-23-10)11-2-4-12(19)5-3-11/h2-5,8,13,20H,6-7,9H2,1H3,(H,21,24). The molecule has 3 heterocycles. The third-order valence-corrected chi connectivity index (χ3v) is 4.40. The lowest BCUT2D eigenvalue weighted by atomic mass is 10.0. The van der Waals surface area contributed by atoms with Crippen molar-refractivity contribution in [3.8, 4) is 11.3 Å². The lowest BCUT2D eigenvalue weighted by Crippen LogP contribution is -2.36. The Morgan fingerprint density at radius 2 is 2.16 bits per heavy atom. The highest BCUT2D eigenvalue weighted by Gasteiger charge is 2.23. The Morgan fingerprint density at radius 3 is 2.88 bits per heavy atom. The molecule has 1 aliphatic heterocycles. The van der Waals surface area contributed by atoms with Crippen LogP contribution in [0.15, 0.2) is 34.9 Å². The Balaban J connectivity index is 1.78. The van der Waals surface area contributed by atoms with Crippen molar-refractivity contribution in [3.63, 3.8) is 0 Å². The molecule has 1 saturated heterocycles. The molecule has 2 aromatic heterocycles. The van der Waals surface area contributed by atoms with E-state index >= 15 is 0 Å². The maximum absolute atomic E-state index is 13.2. The number of fused-ring (bicyclic) bond motifs is 1. The van der Waals surface area contributed by atoms with Gasteiger partial charge in [0.25, 0.3) is 11.6 Å². The molecular weight excluding hydrogens is 323 g/mol. The predicted molar refractivity (Wildman–Crippen MR) is 90.7 cm³/mol. The number of hydrogen-bond donors (Lipinski definition) is 2. The highest BCUT2D eigenvalue weighted by molar-refractivity contribution is 6.07. The molecule has 0 spiro atoms. The Bertz CT molecular complexity index is 930. The average molecular weight is 340 g/mol. The molecular formula is C18H17FN4O2. The summed E-state index contributed by atoms with van der Waals surface area (Å²) in [5.74, 6) is -0.511. The van der Waals surface area contributed by atoms with Crippen LogP contribution in [-0.4, -0.2) is 35.2 Å². The van der Waals surface area contributed by atoms with Crippen molar-refractivity contribution in [1.82, 2.24) is 20.8 Å². The number of halogens is 1. The van der Waals surface area contributed by atoms with Gasteiger partial charge in [-0.2, -0.15) is 0 Å². The van der Waals surface area contributed by atoms with Crippen LogP contribution in [0, 0.1) is 12.7 Å². The summed E-state index contributed by atoms with van der Waals surface area (Å²) in [5.41, 5.74) is 2.62. The molecule has 128 valence electrons. The van der Waals surface area contributed by atoms with Gasteiger partial charge in [-0.1, -0.05) is 5.16 Å². The normalized spacial score (nSPS) is 17.1. The number of aryl methyl sites for hydroxylation is 1. The van der Waals surface area contributed by atoms with Crippen LogP contribution in [0.3, 0.4) is 0 Å². The van der Waals surface area contributed by atoms with Gasteiger partial charge in [0.05, 0.1) is 22.3 Å². The zero-order valence-electron chi connectivity index (χ0n) is 13.7. The first kappa shape index (κ1) is 15.7. The molecule has 4 rings (SSSR count). The molecule has 1 atom stereocenters. The Morgan fingerprint density at radius 1 is 1.36 bits per heavy atom. The molecule has 1 fully saturated rings. The number of hydrogen-bond acceptors (Lipinski definition) is 5. The molecule has 25 heavy (non-hydrogen) atoms. The van der Waals surface area contributed by atoms with E-state index in [4.69, 9.17) is 4.52 Å². The maximum atomic E-state index is 13.2. The smallest absolute Gasteiger partial charge is 0.259 e. The van der Waals surface area contributed by atoms with Crippen LogP contribution >= 0.6 is 0 Å². The van der Waals surface area contributed by atoms with E-state index in [1.165, 1.54) is 12.1 Å². The lowest BCUT2D eigenvalue weighted by Gasteiger charge is -2.12. The van der Waals surface area contributed by atoms with Crippen molar-refractivity contribution in [2.45, 2.75) is 19.4 Å². The van der Waals surface area contributed by atoms with Crippen molar-refractivity contribution in [2.75, 3.05) is 13.1 Å². The zero-order valence-corrected chi connectivity index (χ0v) is 13.7. The maximum Gasteiger partial charge on any atom is 0.259 e. The molecule has 1 aliphatic rings. The molecule has 1 unspecified atom stereocenters. The lowest BCUT2D eigenvalue weighted by molar-refractivity contribution is 0.0941. The monoisotopic (exact) mass is 340 g/mol. The molecule has 1 amide bonds. The number of amides is 1. The molecule has 6 nitrogen and oxygen atoms in total. The number of pyridine rings is 1. The predicted octanol–water partition coefficient (Wildman–Crippen LogP) is 2.43. The van der Waals surface area contributed by atoms with Crippen molar-refractivity contribution < 1.29 is 13.7 Å². The van der Waals surface area contributed by atoms with Crippen molar-refractivity contribution in [1.29, 1.82) is 0 Å². The number of aromatic nitrogens is 2. The fourth-order valence-corrected chi connectivity index (χ4v) is 3.08. The second kappa shape index (κ2) is 6.25. The van der Waals surface area contributed by atoms with Crippen LogP contribution in [0.2, 0.25) is 0 Å². The second-order valence-electron chi connectivity index (χ2n) is 6.17. The van der Waals surface area contributed by atoms with Gasteiger partial charge in [0.15, 0.2) is 0 Å².